The monoisotopic (exact) mass is 288 g/mol. The second kappa shape index (κ2) is 6.38. The predicted octanol–water partition coefficient (Wildman–Crippen LogP) is 2.85. The van der Waals surface area contributed by atoms with Gasteiger partial charge >= 0.3 is 0 Å². The Bertz CT molecular complexity index is 611. The van der Waals surface area contributed by atoms with Crippen molar-refractivity contribution < 1.29 is 5.21 Å². The lowest BCUT2D eigenvalue weighted by Crippen LogP contribution is -2.15. The van der Waals surface area contributed by atoms with E-state index >= 15 is 0 Å². The molecule has 0 aliphatic heterocycles. The highest BCUT2D eigenvalue weighted by Gasteiger charge is 2.06. The molecule has 0 atom stereocenters. The second-order valence-electron chi connectivity index (χ2n) is 4.54. The molecular weight excluding hydrogens is 272 g/mol. The maximum atomic E-state index is 8.65. The molecular formula is C14H16N4OS. The summed E-state index contributed by atoms with van der Waals surface area (Å²) in [7, 11) is 0. The SMILES string of the molecule is CC(C)c1ccc(Sc2nccc(/C(N)=N/O)n2)cc1. The minimum absolute atomic E-state index is 0.0237. The predicted molar refractivity (Wildman–Crippen MR) is 79.2 cm³/mol. The summed E-state index contributed by atoms with van der Waals surface area (Å²) in [5.41, 5.74) is 7.21. The zero-order valence-electron chi connectivity index (χ0n) is 11.3. The molecule has 20 heavy (non-hydrogen) atoms. The van der Waals surface area contributed by atoms with Crippen molar-refractivity contribution in [1.29, 1.82) is 0 Å². The first-order valence-corrected chi connectivity index (χ1v) is 7.00. The van der Waals surface area contributed by atoms with Gasteiger partial charge in [0, 0.05) is 11.1 Å². The van der Waals surface area contributed by atoms with Crippen LogP contribution < -0.4 is 5.73 Å². The number of amidine groups is 1. The maximum Gasteiger partial charge on any atom is 0.193 e. The van der Waals surface area contributed by atoms with Gasteiger partial charge < -0.3 is 10.9 Å². The number of nitrogens with zero attached hydrogens (tertiary/aromatic N) is 3. The third kappa shape index (κ3) is 3.48. The van der Waals surface area contributed by atoms with E-state index in [1.807, 2.05) is 12.1 Å². The number of hydrogen-bond acceptors (Lipinski definition) is 5. The van der Waals surface area contributed by atoms with Crippen LogP contribution in [0.15, 0.2) is 51.7 Å². The Morgan fingerprint density at radius 2 is 1.95 bits per heavy atom. The molecule has 104 valence electrons. The Hall–Kier alpha value is -2.08. The molecule has 0 spiro atoms. The van der Waals surface area contributed by atoms with Crippen molar-refractivity contribution in [2.45, 2.75) is 29.8 Å². The second-order valence-corrected chi connectivity index (χ2v) is 5.58. The zero-order chi connectivity index (χ0) is 14.5. The van der Waals surface area contributed by atoms with Gasteiger partial charge in [0.25, 0.3) is 0 Å². The lowest BCUT2D eigenvalue weighted by Gasteiger charge is -2.06. The summed E-state index contributed by atoms with van der Waals surface area (Å²) in [6, 6.07) is 9.88. The highest BCUT2D eigenvalue weighted by Crippen LogP contribution is 2.26. The molecule has 0 aliphatic carbocycles. The first kappa shape index (κ1) is 14.3. The van der Waals surface area contributed by atoms with Crippen molar-refractivity contribution in [3.05, 3.63) is 47.8 Å². The molecule has 1 aromatic carbocycles. The van der Waals surface area contributed by atoms with Gasteiger partial charge in [0.1, 0.15) is 5.69 Å². The van der Waals surface area contributed by atoms with Gasteiger partial charge in [-0.05, 0) is 41.4 Å². The van der Waals surface area contributed by atoms with Gasteiger partial charge in [-0.25, -0.2) is 9.97 Å². The summed E-state index contributed by atoms with van der Waals surface area (Å²) < 4.78 is 0. The van der Waals surface area contributed by atoms with Crippen LogP contribution in [0.2, 0.25) is 0 Å². The van der Waals surface area contributed by atoms with Crippen LogP contribution >= 0.6 is 11.8 Å². The van der Waals surface area contributed by atoms with Crippen molar-refractivity contribution >= 4 is 17.6 Å². The molecule has 0 unspecified atom stereocenters. The molecule has 0 radical (unpaired) electrons. The van der Waals surface area contributed by atoms with Gasteiger partial charge in [-0.3, -0.25) is 0 Å². The largest absolute Gasteiger partial charge is 0.409 e. The molecule has 3 N–H and O–H groups in total. The van der Waals surface area contributed by atoms with Gasteiger partial charge in [0.15, 0.2) is 11.0 Å². The topological polar surface area (TPSA) is 84.4 Å². The van der Waals surface area contributed by atoms with Gasteiger partial charge in [0.2, 0.25) is 0 Å². The van der Waals surface area contributed by atoms with Crippen LogP contribution in [0.25, 0.3) is 0 Å². The maximum absolute atomic E-state index is 8.65. The first-order valence-electron chi connectivity index (χ1n) is 6.19. The standard InChI is InChI=1S/C14H16N4OS/c1-9(2)10-3-5-11(6-4-10)20-14-16-8-7-12(17-14)13(15)18-19/h3-9,19H,1-2H3,(H2,15,18). The van der Waals surface area contributed by atoms with Crippen LogP contribution in [-0.2, 0) is 0 Å². The number of oxime groups is 1. The van der Waals surface area contributed by atoms with Gasteiger partial charge in [-0.15, -0.1) is 0 Å². The van der Waals surface area contributed by atoms with Crippen molar-refractivity contribution in [2.24, 2.45) is 10.9 Å². The van der Waals surface area contributed by atoms with Gasteiger partial charge in [-0.1, -0.05) is 31.1 Å². The molecule has 0 saturated heterocycles. The Labute approximate surface area is 121 Å². The summed E-state index contributed by atoms with van der Waals surface area (Å²) >= 11 is 1.44. The van der Waals surface area contributed by atoms with E-state index < -0.39 is 0 Å². The summed E-state index contributed by atoms with van der Waals surface area (Å²) in [4.78, 5) is 9.45. The number of hydrogen-bond donors (Lipinski definition) is 2. The minimum Gasteiger partial charge on any atom is -0.409 e. The van der Waals surface area contributed by atoms with E-state index in [-0.39, 0.29) is 5.84 Å². The van der Waals surface area contributed by atoms with Crippen molar-refractivity contribution in [3.8, 4) is 0 Å². The Balaban J connectivity index is 2.17. The normalized spacial score (nSPS) is 11.8. The quantitative estimate of drug-likeness (QED) is 0.297. The van der Waals surface area contributed by atoms with Crippen molar-refractivity contribution in [1.82, 2.24) is 9.97 Å². The van der Waals surface area contributed by atoms with Gasteiger partial charge in [0.05, 0.1) is 0 Å². The Morgan fingerprint density at radius 3 is 2.55 bits per heavy atom. The third-order valence-electron chi connectivity index (χ3n) is 2.76. The fourth-order valence-corrected chi connectivity index (χ4v) is 2.35. The fourth-order valence-electron chi connectivity index (χ4n) is 1.61. The van der Waals surface area contributed by atoms with Crippen LogP contribution in [-0.4, -0.2) is 21.0 Å². The van der Waals surface area contributed by atoms with E-state index in [4.69, 9.17) is 10.9 Å². The molecule has 2 rings (SSSR count). The smallest absolute Gasteiger partial charge is 0.193 e. The van der Waals surface area contributed by atoms with Crippen LogP contribution in [0.5, 0.6) is 0 Å². The number of nitrogens with two attached hydrogens (primary N) is 1. The number of benzene rings is 1. The van der Waals surface area contributed by atoms with Crippen LogP contribution in [0, 0.1) is 0 Å². The highest BCUT2D eigenvalue weighted by molar-refractivity contribution is 7.99. The van der Waals surface area contributed by atoms with Crippen molar-refractivity contribution in [2.75, 3.05) is 0 Å². The highest BCUT2D eigenvalue weighted by atomic mass is 32.2. The van der Waals surface area contributed by atoms with E-state index in [1.54, 1.807) is 12.3 Å². The summed E-state index contributed by atoms with van der Waals surface area (Å²) in [6.07, 6.45) is 1.59. The van der Waals surface area contributed by atoms with Crippen LogP contribution in [0.3, 0.4) is 0 Å². The third-order valence-corrected chi connectivity index (χ3v) is 3.65. The molecule has 0 amide bonds. The summed E-state index contributed by atoms with van der Waals surface area (Å²) in [5.74, 6) is 0.485. The molecule has 0 saturated carbocycles. The van der Waals surface area contributed by atoms with Gasteiger partial charge in [-0.2, -0.15) is 0 Å². The lowest BCUT2D eigenvalue weighted by atomic mass is 10.0. The number of aromatic nitrogens is 2. The molecule has 0 bridgehead atoms. The first-order chi connectivity index (χ1) is 9.60. The summed E-state index contributed by atoms with van der Waals surface area (Å²) in [5, 5.41) is 12.1. The molecule has 0 fully saturated rings. The molecule has 6 heteroatoms. The molecule has 1 heterocycles. The van der Waals surface area contributed by atoms with E-state index in [0.29, 0.717) is 16.8 Å². The average Bonchev–Trinajstić information content (AvgIpc) is 2.47. The zero-order valence-corrected chi connectivity index (χ0v) is 12.1. The van der Waals surface area contributed by atoms with Crippen LogP contribution in [0.4, 0.5) is 0 Å². The van der Waals surface area contributed by atoms with E-state index in [2.05, 4.69) is 41.1 Å². The fraction of sp³-hybridized carbons (Fsp3) is 0.214. The molecule has 2 aromatic rings. The Morgan fingerprint density at radius 1 is 1.25 bits per heavy atom. The van der Waals surface area contributed by atoms with Crippen LogP contribution in [0.1, 0.15) is 31.0 Å². The molecule has 5 nitrogen and oxygen atoms in total. The van der Waals surface area contributed by atoms with E-state index in [0.717, 1.165) is 4.90 Å². The summed E-state index contributed by atoms with van der Waals surface area (Å²) in [6.45, 7) is 4.32. The molecule has 1 aromatic heterocycles. The average molecular weight is 288 g/mol. The minimum atomic E-state index is -0.0237. The molecule has 0 aliphatic rings. The lowest BCUT2D eigenvalue weighted by molar-refractivity contribution is 0.318. The van der Waals surface area contributed by atoms with Crippen molar-refractivity contribution in [3.63, 3.8) is 0 Å². The Kier molecular flexibility index (Phi) is 4.57. The number of rotatable bonds is 4. The van der Waals surface area contributed by atoms with E-state index in [1.165, 1.54) is 17.3 Å². The van der Waals surface area contributed by atoms with E-state index in [9.17, 15) is 0 Å².